The van der Waals surface area contributed by atoms with Crippen LogP contribution in [-0.2, 0) is 22.4 Å². The maximum Gasteiger partial charge on any atom is 0.360 e. The highest BCUT2D eigenvalue weighted by Crippen LogP contribution is 2.29. The van der Waals surface area contributed by atoms with E-state index in [0.29, 0.717) is 11.4 Å². The van der Waals surface area contributed by atoms with Crippen LogP contribution in [0.3, 0.4) is 0 Å². The van der Waals surface area contributed by atoms with Gasteiger partial charge in [-0.05, 0) is 13.8 Å². The second-order valence-electron chi connectivity index (χ2n) is 4.78. The van der Waals surface area contributed by atoms with Crippen LogP contribution in [0.15, 0.2) is 5.16 Å². The van der Waals surface area contributed by atoms with Gasteiger partial charge in [0, 0.05) is 19.2 Å². The summed E-state index contributed by atoms with van der Waals surface area (Å²) in [6.45, 7) is 3.96. The lowest BCUT2D eigenvalue weighted by molar-refractivity contribution is 0.0123. The molecule has 0 amide bonds. The van der Waals surface area contributed by atoms with E-state index in [2.05, 4.69) is 20.1 Å². The first kappa shape index (κ1) is 13.9. The minimum Gasteiger partial charge on any atom is -0.464 e. The minimum absolute atomic E-state index is 0.247. The molecule has 0 unspecified atom stereocenters. The number of hydrogen-bond acceptors (Lipinski definition) is 7. The fourth-order valence-electron chi connectivity index (χ4n) is 1.63. The summed E-state index contributed by atoms with van der Waals surface area (Å²) in [5.74, 6) is 0.0324. The van der Waals surface area contributed by atoms with Crippen LogP contribution in [0.5, 0.6) is 0 Å². The first-order valence-corrected chi connectivity index (χ1v) is 6.76. The molecule has 0 spiro atoms. The smallest absolute Gasteiger partial charge is 0.360 e. The Morgan fingerprint density at radius 3 is 2.84 bits per heavy atom. The number of carbonyl (C=O) groups excluding carboxylic acids is 1. The fraction of sp³-hybridized carbons (Fsp3) is 0.636. The van der Waals surface area contributed by atoms with Crippen molar-refractivity contribution in [2.45, 2.75) is 31.6 Å². The van der Waals surface area contributed by atoms with E-state index in [0.717, 1.165) is 11.5 Å². The molecule has 1 aliphatic rings. The zero-order valence-electron chi connectivity index (χ0n) is 11.3. The molecule has 1 aliphatic heterocycles. The first-order valence-electron chi connectivity index (χ1n) is 5.77. The number of nitrogens with zero attached hydrogens (tertiary/aromatic N) is 4. The second kappa shape index (κ2) is 5.20. The molecule has 0 radical (unpaired) electrons. The zero-order chi connectivity index (χ0) is 14.0. The Bertz CT molecular complexity index is 524. The molecular formula is C11H16N4O3S. The molecule has 19 heavy (non-hydrogen) atoms. The quantitative estimate of drug-likeness (QED) is 0.780. The van der Waals surface area contributed by atoms with E-state index >= 15 is 0 Å². The van der Waals surface area contributed by atoms with Crippen molar-refractivity contribution in [1.82, 2.24) is 15.0 Å². The first-order chi connectivity index (χ1) is 8.91. The molecule has 0 atom stereocenters. The van der Waals surface area contributed by atoms with Gasteiger partial charge in [-0.3, -0.25) is 0 Å². The highest BCUT2D eigenvalue weighted by Gasteiger charge is 2.29. The van der Waals surface area contributed by atoms with Gasteiger partial charge < -0.3 is 9.57 Å². The van der Waals surface area contributed by atoms with Gasteiger partial charge in [0.1, 0.15) is 16.3 Å². The van der Waals surface area contributed by atoms with Crippen LogP contribution in [0.4, 0.5) is 0 Å². The van der Waals surface area contributed by atoms with Crippen molar-refractivity contribution in [2.24, 2.45) is 12.2 Å². The number of aromatic nitrogens is 3. The molecular weight excluding hydrogens is 268 g/mol. The third kappa shape index (κ3) is 3.25. The molecule has 0 saturated heterocycles. The highest BCUT2D eigenvalue weighted by molar-refractivity contribution is 8.13. The number of carbonyl (C=O) groups is 1. The molecule has 1 aromatic rings. The second-order valence-corrected chi connectivity index (χ2v) is 5.83. The van der Waals surface area contributed by atoms with Crippen molar-refractivity contribution in [1.29, 1.82) is 0 Å². The standard InChI is InChI=1S/C11H16N4O3S/c1-11(2)5-8(14-18-11)19-6-7-9(10(16)17-4)13-15(3)12-7/h5-6H2,1-4H3. The number of rotatable bonds is 3. The normalized spacial score (nSPS) is 16.9. The van der Waals surface area contributed by atoms with Gasteiger partial charge in [-0.15, -0.1) is 16.9 Å². The van der Waals surface area contributed by atoms with Crippen molar-refractivity contribution in [3.8, 4) is 0 Å². The fourth-order valence-corrected chi connectivity index (χ4v) is 2.67. The largest absolute Gasteiger partial charge is 0.464 e. The molecule has 7 nitrogen and oxygen atoms in total. The Morgan fingerprint density at radius 1 is 1.53 bits per heavy atom. The number of ether oxygens (including phenoxy) is 1. The van der Waals surface area contributed by atoms with Crippen LogP contribution in [-0.4, -0.2) is 38.7 Å². The van der Waals surface area contributed by atoms with E-state index in [1.54, 1.807) is 7.05 Å². The summed E-state index contributed by atoms with van der Waals surface area (Å²) in [7, 11) is 2.99. The van der Waals surface area contributed by atoms with E-state index in [4.69, 9.17) is 4.84 Å². The summed E-state index contributed by atoms with van der Waals surface area (Å²) in [6.07, 6.45) is 0.755. The average molecular weight is 284 g/mol. The van der Waals surface area contributed by atoms with Crippen LogP contribution in [0.2, 0.25) is 0 Å². The van der Waals surface area contributed by atoms with Gasteiger partial charge in [0.25, 0.3) is 0 Å². The molecule has 2 rings (SSSR count). The maximum atomic E-state index is 11.5. The molecule has 0 saturated carbocycles. The zero-order valence-corrected chi connectivity index (χ0v) is 12.2. The summed E-state index contributed by atoms with van der Waals surface area (Å²) < 4.78 is 4.68. The Hall–Kier alpha value is -1.57. The predicted molar refractivity (Wildman–Crippen MR) is 70.9 cm³/mol. The highest BCUT2D eigenvalue weighted by atomic mass is 32.2. The van der Waals surface area contributed by atoms with Crippen molar-refractivity contribution in [3.05, 3.63) is 11.4 Å². The van der Waals surface area contributed by atoms with E-state index in [-0.39, 0.29) is 11.3 Å². The monoisotopic (exact) mass is 284 g/mol. The SMILES string of the molecule is COC(=O)c1nn(C)nc1CSC1=NOC(C)(C)C1. The average Bonchev–Trinajstić information content (AvgIpc) is 2.88. The molecule has 1 aromatic heterocycles. The molecule has 0 N–H and O–H groups in total. The number of esters is 1. The Balaban J connectivity index is 2.02. The predicted octanol–water partition coefficient (Wildman–Crippen LogP) is 1.35. The topological polar surface area (TPSA) is 78.6 Å². The minimum atomic E-state index is -0.478. The number of thioether (sulfide) groups is 1. The third-order valence-electron chi connectivity index (χ3n) is 2.51. The van der Waals surface area contributed by atoms with E-state index in [1.165, 1.54) is 23.7 Å². The Kier molecular flexibility index (Phi) is 3.79. The van der Waals surface area contributed by atoms with Crippen LogP contribution in [0, 0.1) is 0 Å². The molecule has 104 valence electrons. The van der Waals surface area contributed by atoms with Crippen LogP contribution >= 0.6 is 11.8 Å². The third-order valence-corrected chi connectivity index (χ3v) is 3.48. The summed E-state index contributed by atoms with van der Waals surface area (Å²) in [5, 5.41) is 13.1. The van der Waals surface area contributed by atoms with Crippen LogP contribution in [0.1, 0.15) is 36.5 Å². The van der Waals surface area contributed by atoms with Gasteiger partial charge in [0.05, 0.1) is 7.11 Å². The Morgan fingerprint density at radius 2 is 2.26 bits per heavy atom. The van der Waals surface area contributed by atoms with Gasteiger partial charge in [0.15, 0.2) is 5.69 Å². The summed E-state index contributed by atoms with van der Waals surface area (Å²) in [6, 6.07) is 0. The lowest BCUT2D eigenvalue weighted by atomic mass is 10.1. The van der Waals surface area contributed by atoms with Crippen LogP contribution in [0.25, 0.3) is 0 Å². The Labute approximate surface area is 115 Å². The summed E-state index contributed by atoms with van der Waals surface area (Å²) in [5.41, 5.74) is 0.582. The van der Waals surface area contributed by atoms with Gasteiger partial charge >= 0.3 is 5.97 Å². The van der Waals surface area contributed by atoms with Crippen molar-refractivity contribution in [2.75, 3.05) is 7.11 Å². The van der Waals surface area contributed by atoms with Crippen molar-refractivity contribution in [3.63, 3.8) is 0 Å². The van der Waals surface area contributed by atoms with Gasteiger partial charge in [-0.1, -0.05) is 5.16 Å². The van der Waals surface area contributed by atoms with Crippen molar-refractivity contribution >= 4 is 22.8 Å². The van der Waals surface area contributed by atoms with Gasteiger partial charge in [-0.2, -0.15) is 9.90 Å². The molecule has 0 fully saturated rings. The number of methoxy groups -OCH3 is 1. The molecule has 8 heteroatoms. The van der Waals surface area contributed by atoms with Gasteiger partial charge in [-0.25, -0.2) is 4.79 Å². The number of hydrogen-bond donors (Lipinski definition) is 0. The van der Waals surface area contributed by atoms with E-state index in [9.17, 15) is 4.79 Å². The number of aryl methyl sites for hydroxylation is 1. The molecule has 0 aliphatic carbocycles. The van der Waals surface area contributed by atoms with Crippen LogP contribution < -0.4 is 0 Å². The number of oxime groups is 1. The van der Waals surface area contributed by atoms with E-state index in [1.807, 2.05) is 13.8 Å². The maximum absolute atomic E-state index is 11.5. The van der Waals surface area contributed by atoms with Gasteiger partial charge in [0.2, 0.25) is 0 Å². The molecule has 2 heterocycles. The lowest BCUT2D eigenvalue weighted by Gasteiger charge is -2.12. The van der Waals surface area contributed by atoms with Crippen molar-refractivity contribution < 1.29 is 14.4 Å². The summed E-state index contributed by atoms with van der Waals surface area (Å²) in [4.78, 5) is 18.2. The lowest BCUT2D eigenvalue weighted by Crippen LogP contribution is -2.18. The molecule has 0 bridgehead atoms. The molecule has 0 aromatic carbocycles. The summed E-state index contributed by atoms with van der Waals surface area (Å²) >= 11 is 1.50. The van der Waals surface area contributed by atoms with E-state index < -0.39 is 5.97 Å².